The molecule has 1 amide bonds. The number of nitro groups is 1. The topological polar surface area (TPSA) is 112 Å². The fraction of sp³-hybridized carbons (Fsp3) is 0.294. The second-order valence-corrected chi connectivity index (χ2v) is 5.46. The fourth-order valence-corrected chi connectivity index (χ4v) is 2.15. The first-order valence-corrected chi connectivity index (χ1v) is 7.70. The minimum atomic E-state index is -0.930. The van der Waals surface area contributed by atoms with Gasteiger partial charge in [0.15, 0.2) is 6.61 Å². The lowest BCUT2D eigenvalue weighted by atomic mass is 10.1. The normalized spacial score (nSPS) is 11.6. The lowest BCUT2D eigenvalue weighted by molar-refractivity contribution is -0.402. The Balaban J connectivity index is 1.72. The van der Waals surface area contributed by atoms with Crippen LogP contribution in [0, 0.1) is 10.1 Å². The first-order valence-electron chi connectivity index (χ1n) is 7.70. The molecule has 0 saturated carbocycles. The average molecular weight is 346 g/mol. The van der Waals surface area contributed by atoms with Gasteiger partial charge in [0, 0.05) is 6.04 Å². The third kappa shape index (κ3) is 5.76. The Labute approximate surface area is 143 Å². The summed E-state index contributed by atoms with van der Waals surface area (Å²) in [5, 5.41) is 13.2. The minimum Gasteiger partial charge on any atom is -0.450 e. The van der Waals surface area contributed by atoms with Gasteiger partial charge in [-0.05, 0) is 31.4 Å². The number of hydrogen-bond acceptors (Lipinski definition) is 6. The van der Waals surface area contributed by atoms with Crippen molar-refractivity contribution in [2.45, 2.75) is 25.8 Å². The molecule has 8 heteroatoms. The predicted octanol–water partition coefficient (Wildman–Crippen LogP) is 2.48. The molecule has 0 aliphatic heterocycles. The molecule has 1 heterocycles. The molecule has 2 rings (SSSR count). The quantitative estimate of drug-likeness (QED) is 0.446. The monoisotopic (exact) mass is 346 g/mol. The zero-order chi connectivity index (χ0) is 18.2. The van der Waals surface area contributed by atoms with Crippen molar-refractivity contribution in [3.63, 3.8) is 0 Å². The lowest BCUT2D eigenvalue weighted by Crippen LogP contribution is -2.36. The molecule has 25 heavy (non-hydrogen) atoms. The third-order valence-corrected chi connectivity index (χ3v) is 3.42. The molecule has 2 aromatic rings. The summed E-state index contributed by atoms with van der Waals surface area (Å²) in [6.07, 6.45) is 1.56. The lowest BCUT2D eigenvalue weighted by Gasteiger charge is -2.13. The number of nitrogens with one attached hydrogen (secondary N) is 1. The van der Waals surface area contributed by atoms with Crippen LogP contribution in [-0.4, -0.2) is 29.4 Å². The zero-order valence-electron chi connectivity index (χ0n) is 13.6. The van der Waals surface area contributed by atoms with Crippen LogP contribution in [0.2, 0.25) is 0 Å². The predicted molar refractivity (Wildman–Crippen MR) is 88.0 cm³/mol. The van der Waals surface area contributed by atoms with Gasteiger partial charge in [0.2, 0.25) is 5.76 Å². The van der Waals surface area contributed by atoms with Crippen molar-refractivity contribution in [2.24, 2.45) is 0 Å². The van der Waals surface area contributed by atoms with Gasteiger partial charge in [-0.1, -0.05) is 30.3 Å². The Morgan fingerprint density at radius 3 is 2.60 bits per heavy atom. The molecule has 1 aromatic heterocycles. The maximum absolute atomic E-state index is 11.8. The van der Waals surface area contributed by atoms with E-state index in [-0.39, 0.29) is 11.8 Å². The summed E-state index contributed by atoms with van der Waals surface area (Å²) >= 11 is 0. The van der Waals surface area contributed by atoms with E-state index >= 15 is 0 Å². The van der Waals surface area contributed by atoms with Gasteiger partial charge in [0.05, 0.1) is 6.07 Å². The van der Waals surface area contributed by atoms with E-state index in [0.717, 1.165) is 25.0 Å². The number of esters is 1. The van der Waals surface area contributed by atoms with E-state index in [0.29, 0.717) is 0 Å². The fourth-order valence-electron chi connectivity index (χ4n) is 2.15. The maximum Gasteiger partial charge on any atom is 0.433 e. The van der Waals surface area contributed by atoms with Gasteiger partial charge in [-0.2, -0.15) is 0 Å². The molecule has 0 unspecified atom stereocenters. The highest BCUT2D eigenvalue weighted by Crippen LogP contribution is 2.16. The smallest absolute Gasteiger partial charge is 0.433 e. The molecule has 0 radical (unpaired) electrons. The minimum absolute atomic E-state index is 0.0869. The van der Waals surface area contributed by atoms with E-state index in [1.807, 2.05) is 37.3 Å². The summed E-state index contributed by atoms with van der Waals surface area (Å²) < 4.78 is 9.48. The molecule has 1 N–H and O–H groups in total. The van der Waals surface area contributed by atoms with E-state index < -0.39 is 29.3 Å². The van der Waals surface area contributed by atoms with Gasteiger partial charge in [0.1, 0.15) is 4.92 Å². The summed E-state index contributed by atoms with van der Waals surface area (Å²) in [5.41, 5.74) is 1.18. The van der Waals surface area contributed by atoms with Gasteiger partial charge in [-0.25, -0.2) is 4.79 Å². The molecule has 0 spiro atoms. The highest BCUT2D eigenvalue weighted by atomic mass is 16.7. The molecule has 0 aliphatic rings. The second-order valence-electron chi connectivity index (χ2n) is 5.46. The van der Waals surface area contributed by atoms with Crippen LogP contribution in [0.1, 0.15) is 29.5 Å². The SMILES string of the molecule is C[C@H](CCc1ccccc1)NC(=O)COC(=O)c1ccc([N+](=O)[O-])o1. The number of rotatable bonds is 8. The van der Waals surface area contributed by atoms with Crippen LogP contribution in [0.3, 0.4) is 0 Å². The first kappa shape index (κ1) is 18.2. The Kier molecular flexibility index (Phi) is 6.27. The largest absolute Gasteiger partial charge is 0.450 e. The Hall–Kier alpha value is -3.16. The number of carbonyl (C=O) groups is 2. The molecule has 0 bridgehead atoms. The van der Waals surface area contributed by atoms with Crippen molar-refractivity contribution in [3.05, 3.63) is 63.9 Å². The number of benzene rings is 1. The molecule has 1 aromatic carbocycles. The Morgan fingerprint density at radius 1 is 1.24 bits per heavy atom. The van der Waals surface area contributed by atoms with E-state index in [2.05, 4.69) is 5.32 Å². The number of hydrogen-bond donors (Lipinski definition) is 1. The van der Waals surface area contributed by atoms with Crippen molar-refractivity contribution in [1.29, 1.82) is 0 Å². The number of ether oxygens (including phenoxy) is 1. The van der Waals surface area contributed by atoms with Gasteiger partial charge in [-0.15, -0.1) is 0 Å². The Bertz CT molecular complexity index is 741. The van der Waals surface area contributed by atoms with E-state index in [9.17, 15) is 19.7 Å². The molecule has 1 atom stereocenters. The Morgan fingerprint density at radius 2 is 1.96 bits per heavy atom. The molecule has 8 nitrogen and oxygen atoms in total. The molecule has 132 valence electrons. The van der Waals surface area contributed by atoms with E-state index in [1.54, 1.807) is 0 Å². The zero-order valence-corrected chi connectivity index (χ0v) is 13.6. The van der Waals surface area contributed by atoms with E-state index in [1.165, 1.54) is 5.56 Å². The highest BCUT2D eigenvalue weighted by molar-refractivity contribution is 5.89. The van der Waals surface area contributed by atoms with Gasteiger partial charge >= 0.3 is 11.9 Å². The van der Waals surface area contributed by atoms with Crippen LogP contribution in [0.5, 0.6) is 0 Å². The van der Waals surface area contributed by atoms with E-state index in [4.69, 9.17) is 9.15 Å². The number of carbonyl (C=O) groups excluding carboxylic acids is 2. The van der Waals surface area contributed by atoms with Crippen molar-refractivity contribution in [1.82, 2.24) is 5.32 Å². The number of nitrogens with zero attached hydrogens (tertiary/aromatic N) is 1. The van der Waals surface area contributed by atoms with Crippen LogP contribution < -0.4 is 5.32 Å². The van der Waals surface area contributed by atoms with Crippen molar-refractivity contribution in [2.75, 3.05) is 6.61 Å². The van der Waals surface area contributed by atoms with Crippen molar-refractivity contribution in [3.8, 4) is 0 Å². The number of aryl methyl sites for hydroxylation is 1. The standard InChI is InChI=1S/C17H18N2O6/c1-12(7-8-13-5-3-2-4-6-13)18-15(20)11-24-17(21)14-9-10-16(25-14)19(22)23/h2-6,9-10,12H,7-8,11H2,1H3,(H,18,20)/t12-/m1/s1. The summed E-state index contributed by atoms with van der Waals surface area (Å²) in [6.45, 7) is 1.38. The van der Waals surface area contributed by atoms with Crippen molar-refractivity contribution < 1.29 is 23.7 Å². The van der Waals surface area contributed by atoms with Gasteiger partial charge < -0.3 is 14.5 Å². The van der Waals surface area contributed by atoms with Gasteiger partial charge in [-0.3, -0.25) is 14.9 Å². The molecule has 0 saturated heterocycles. The summed E-state index contributed by atoms with van der Waals surface area (Å²) in [6, 6.07) is 12.0. The van der Waals surface area contributed by atoms with Gasteiger partial charge in [0.25, 0.3) is 5.91 Å². The van der Waals surface area contributed by atoms with Crippen LogP contribution in [0.15, 0.2) is 46.9 Å². The molecular weight excluding hydrogens is 328 g/mol. The van der Waals surface area contributed by atoms with Crippen LogP contribution in [0.4, 0.5) is 5.88 Å². The molecule has 0 aliphatic carbocycles. The second kappa shape index (κ2) is 8.62. The third-order valence-electron chi connectivity index (χ3n) is 3.42. The van der Waals surface area contributed by atoms with Crippen LogP contribution in [-0.2, 0) is 16.0 Å². The molecule has 0 fully saturated rings. The molecular formula is C17H18N2O6. The van der Waals surface area contributed by atoms with Crippen LogP contribution >= 0.6 is 0 Å². The van der Waals surface area contributed by atoms with Crippen molar-refractivity contribution >= 4 is 17.8 Å². The number of furan rings is 1. The first-order chi connectivity index (χ1) is 12.0. The maximum atomic E-state index is 11.8. The summed E-state index contributed by atoms with van der Waals surface area (Å²) in [4.78, 5) is 33.2. The highest BCUT2D eigenvalue weighted by Gasteiger charge is 2.19. The van der Waals surface area contributed by atoms with Crippen LogP contribution in [0.25, 0.3) is 0 Å². The summed E-state index contributed by atoms with van der Waals surface area (Å²) in [7, 11) is 0. The average Bonchev–Trinajstić information content (AvgIpc) is 3.09. The summed E-state index contributed by atoms with van der Waals surface area (Å²) in [5.74, 6) is -2.27. The number of amides is 1.